The molecule has 1 aliphatic rings. The van der Waals surface area contributed by atoms with E-state index < -0.39 is 0 Å². The highest BCUT2D eigenvalue weighted by molar-refractivity contribution is 5.50. The molecule has 0 unspecified atom stereocenters. The second kappa shape index (κ2) is 4.13. The SMILES string of the molecule is Nc1ccc2c(c1)C[C@@H](Nc1ccccc1)C2. The molecule has 0 aromatic heterocycles. The van der Waals surface area contributed by atoms with Crippen LogP contribution in [0.2, 0.25) is 0 Å². The molecule has 0 spiro atoms. The second-order valence-corrected chi connectivity index (χ2v) is 4.64. The van der Waals surface area contributed by atoms with Gasteiger partial charge in [0.2, 0.25) is 0 Å². The highest BCUT2D eigenvalue weighted by atomic mass is 14.9. The minimum atomic E-state index is 0.495. The Bertz CT molecular complexity index is 520. The number of benzene rings is 2. The van der Waals surface area contributed by atoms with Crippen LogP contribution in [0.15, 0.2) is 48.5 Å². The van der Waals surface area contributed by atoms with Crippen LogP contribution in [0.25, 0.3) is 0 Å². The van der Waals surface area contributed by atoms with Crippen LogP contribution in [-0.2, 0) is 12.8 Å². The van der Waals surface area contributed by atoms with E-state index in [2.05, 4.69) is 41.7 Å². The van der Waals surface area contributed by atoms with Crippen molar-refractivity contribution in [2.75, 3.05) is 11.1 Å². The fourth-order valence-corrected chi connectivity index (χ4v) is 2.51. The fraction of sp³-hybridized carbons (Fsp3) is 0.200. The number of anilines is 2. The van der Waals surface area contributed by atoms with Gasteiger partial charge in [0.1, 0.15) is 0 Å². The van der Waals surface area contributed by atoms with Gasteiger partial charge in [-0.15, -0.1) is 0 Å². The maximum atomic E-state index is 5.81. The van der Waals surface area contributed by atoms with Crippen molar-refractivity contribution >= 4 is 11.4 Å². The molecule has 86 valence electrons. The molecule has 0 saturated heterocycles. The third-order valence-electron chi connectivity index (χ3n) is 3.31. The average Bonchev–Trinajstić information content (AvgIpc) is 2.71. The van der Waals surface area contributed by atoms with Gasteiger partial charge in [-0.1, -0.05) is 24.3 Å². The third kappa shape index (κ3) is 2.11. The molecule has 0 aliphatic heterocycles. The maximum Gasteiger partial charge on any atom is 0.0342 e. The molecule has 0 radical (unpaired) electrons. The van der Waals surface area contributed by atoms with Crippen molar-refractivity contribution in [3.63, 3.8) is 0 Å². The zero-order valence-corrected chi connectivity index (χ0v) is 9.69. The molecule has 1 aliphatic carbocycles. The van der Waals surface area contributed by atoms with E-state index in [0.29, 0.717) is 6.04 Å². The summed E-state index contributed by atoms with van der Waals surface area (Å²) in [4.78, 5) is 0. The highest BCUT2D eigenvalue weighted by Gasteiger charge is 2.20. The van der Waals surface area contributed by atoms with Crippen LogP contribution < -0.4 is 11.1 Å². The molecule has 0 saturated carbocycles. The highest BCUT2D eigenvalue weighted by Crippen LogP contribution is 2.26. The van der Waals surface area contributed by atoms with E-state index in [1.165, 1.54) is 16.8 Å². The second-order valence-electron chi connectivity index (χ2n) is 4.64. The van der Waals surface area contributed by atoms with Crippen molar-refractivity contribution in [3.8, 4) is 0 Å². The molecule has 2 aromatic rings. The van der Waals surface area contributed by atoms with E-state index in [4.69, 9.17) is 5.73 Å². The largest absolute Gasteiger partial charge is 0.399 e. The molecule has 0 bridgehead atoms. The van der Waals surface area contributed by atoms with Gasteiger partial charge >= 0.3 is 0 Å². The summed E-state index contributed by atoms with van der Waals surface area (Å²) in [5, 5.41) is 3.57. The number of nitrogen functional groups attached to an aromatic ring is 1. The monoisotopic (exact) mass is 224 g/mol. The van der Waals surface area contributed by atoms with Crippen molar-refractivity contribution in [2.24, 2.45) is 0 Å². The van der Waals surface area contributed by atoms with Gasteiger partial charge in [0.25, 0.3) is 0 Å². The predicted octanol–water partition coefficient (Wildman–Crippen LogP) is 2.85. The number of nitrogens with two attached hydrogens (primary N) is 1. The van der Waals surface area contributed by atoms with Gasteiger partial charge < -0.3 is 11.1 Å². The molecule has 3 N–H and O–H groups in total. The zero-order valence-electron chi connectivity index (χ0n) is 9.69. The smallest absolute Gasteiger partial charge is 0.0342 e. The number of para-hydroxylation sites is 1. The standard InChI is InChI=1S/C15H16N2/c16-13-7-6-11-9-15(10-12(11)8-13)17-14-4-2-1-3-5-14/h1-8,15,17H,9-10,16H2/t15-/m0/s1. The summed E-state index contributed by atoms with van der Waals surface area (Å²) in [6.45, 7) is 0. The van der Waals surface area contributed by atoms with Gasteiger partial charge in [0.05, 0.1) is 0 Å². The van der Waals surface area contributed by atoms with E-state index in [-0.39, 0.29) is 0 Å². The van der Waals surface area contributed by atoms with E-state index in [1.807, 2.05) is 12.1 Å². The summed E-state index contributed by atoms with van der Waals surface area (Å²) in [6, 6.07) is 17.1. The van der Waals surface area contributed by atoms with Crippen LogP contribution >= 0.6 is 0 Å². The van der Waals surface area contributed by atoms with Crippen LogP contribution in [0.1, 0.15) is 11.1 Å². The summed E-state index contributed by atoms with van der Waals surface area (Å²) >= 11 is 0. The van der Waals surface area contributed by atoms with Gasteiger partial charge in [-0.25, -0.2) is 0 Å². The van der Waals surface area contributed by atoms with Crippen molar-refractivity contribution in [1.29, 1.82) is 0 Å². The lowest BCUT2D eigenvalue weighted by Crippen LogP contribution is -2.19. The van der Waals surface area contributed by atoms with Crippen molar-refractivity contribution < 1.29 is 0 Å². The summed E-state index contributed by atoms with van der Waals surface area (Å²) in [5.74, 6) is 0. The van der Waals surface area contributed by atoms with Gasteiger partial charge in [-0.2, -0.15) is 0 Å². The van der Waals surface area contributed by atoms with Crippen LogP contribution in [0.5, 0.6) is 0 Å². The summed E-state index contributed by atoms with van der Waals surface area (Å²) < 4.78 is 0. The molecule has 17 heavy (non-hydrogen) atoms. The molecule has 2 heteroatoms. The van der Waals surface area contributed by atoms with Crippen LogP contribution in [0.4, 0.5) is 11.4 Å². The minimum absolute atomic E-state index is 0.495. The Morgan fingerprint density at radius 1 is 0.941 bits per heavy atom. The quantitative estimate of drug-likeness (QED) is 0.770. The zero-order chi connectivity index (χ0) is 11.7. The molecule has 3 rings (SSSR count). The van der Waals surface area contributed by atoms with E-state index in [9.17, 15) is 0 Å². The van der Waals surface area contributed by atoms with Gasteiger partial charge in [0, 0.05) is 17.4 Å². The average molecular weight is 224 g/mol. The number of nitrogens with one attached hydrogen (secondary N) is 1. The fourth-order valence-electron chi connectivity index (χ4n) is 2.51. The van der Waals surface area contributed by atoms with Crippen LogP contribution in [-0.4, -0.2) is 6.04 Å². The van der Waals surface area contributed by atoms with E-state index in [1.54, 1.807) is 0 Å². The Morgan fingerprint density at radius 2 is 1.71 bits per heavy atom. The van der Waals surface area contributed by atoms with E-state index >= 15 is 0 Å². The molecule has 0 amide bonds. The Kier molecular flexibility index (Phi) is 2.48. The van der Waals surface area contributed by atoms with E-state index in [0.717, 1.165) is 18.5 Å². The summed E-state index contributed by atoms with van der Waals surface area (Å²) in [6.07, 6.45) is 2.15. The van der Waals surface area contributed by atoms with Crippen molar-refractivity contribution in [1.82, 2.24) is 0 Å². The number of rotatable bonds is 2. The molecule has 2 nitrogen and oxygen atoms in total. The Hall–Kier alpha value is -1.96. The Balaban J connectivity index is 1.74. The number of hydrogen-bond acceptors (Lipinski definition) is 2. The third-order valence-corrected chi connectivity index (χ3v) is 3.31. The molecule has 0 heterocycles. The maximum absolute atomic E-state index is 5.81. The summed E-state index contributed by atoms with van der Waals surface area (Å²) in [7, 11) is 0. The minimum Gasteiger partial charge on any atom is -0.399 e. The number of fused-ring (bicyclic) bond motifs is 1. The lowest BCUT2D eigenvalue weighted by molar-refractivity contribution is 0.774. The molecule has 2 aromatic carbocycles. The van der Waals surface area contributed by atoms with Gasteiger partial charge in [0.15, 0.2) is 0 Å². The van der Waals surface area contributed by atoms with Gasteiger partial charge in [-0.3, -0.25) is 0 Å². The topological polar surface area (TPSA) is 38.0 Å². The first kappa shape index (κ1) is 10.2. The normalized spacial score (nSPS) is 17.8. The first-order valence-corrected chi connectivity index (χ1v) is 6.00. The lowest BCUT2D eigenvalue weighted by atomic mass is 10.1. The van der Waals surface area contributed by atoms with Crippen molar-refractivity contribution in [2.45, 2.75) is 18.9 Å². The lowest BCUT2D eigenvalue weighted by Gasteiger charge is -2.13. The first-order chi connectivity index (χ1) is 8.31. The Labute approximate surface area is 101 Å². The first-order valence-electron chi connectivity index (χ1n) is 6.00. The molecular formula is C15H16N2. The Morgan fingerprint density at radius 3 is 2.53 bits per heavy atom. The molecular weight excluding hydrogens is 208 g/mol. The predicted molar refractivity (Wildman–Crippen MR) is 72.1 cm³/mol. The van der Waals surface area contributed by atoms with Crippen LogP contribution in [0.3, 0.4) is 0 Å². The molecule has 1 atom stereocenters. The van der Waals surface area contributed by atoms with Crippen molar-refractivity contribution in [3.05, 3.63) is 59.7 Å². The van der Waals surface area contributed by atoms with Gasteiger partial charge in [-0.05, 0) is 48.2 Å². The van der Waals surface area contributed by atoms with Crippen LogP contribution in [0, 0.1) is 0 Å². The number of hydrogen-bond donors (Lipinski definition) is 2. The molecule has 0 fully saturated rings. The summed E-state index contributed by atoms with van der Waals surface area (Å²) in [5.41, 5.74) is 10.7.